The molecule has 0 atom stereocenters. The van der Waals surface area contributed by atoms with Crippen LogP contribution in [-0.2, 0) is 0 Å². The van der Waals surface area contributed by atoms with Crippen molar-refractivity contribution in [1.82, 2.24) is 0 Å². The van der Waals surface area contributed by atoms with E-state index in [1.54, 1.807) is 0 Å². The molecule has 0 unspecified atom stereocenters. The molecule has 0 aliphatic heterocycles. The third-order valence-electron chi connectivity index (χ3n) is 2.50. The number of rotatable bonds is 0. The SMILES string of the molecule is [c]1c2ccccc2cc2ccccc12. The number of fused-ring (bicyclic) bond motifs is 2. The zero-order valence-corrected chi connectivity index (χ0v) is 7.70. The van der Waals surface area contributed by atoms with Crippen molar-refractivity contribution in [1.29, 1.82) is 0 Å². The summed E-state index contributed by atoms with van der Waals surface area (Å²) >= 11 is 0. The normalized spacial score (nSPS) is 10.9. The first-order valence-corrected chi connectivity index (χ1v) is 4.73. The summed E-state index contributed by atoms with van der Waals surface area (Å²) in [7, 11) is 0. The topological polar surface area (TPSA) is 0 Å². The molecule has 0 amide bonds. The highest BCUT2D eigenvalue weighted by molar-refractivity contribution is 5.97. The van der Waals surface area contributed by atoms with Gasteiger partial charge in [-0.2, -0.15) is 0 Å². The lowest BCUT2D eigenvalue weighted by molar-refractivity contribution is 1.76. The zero-order valence-electron chi connectivity index (χ0n) is 7.70. The van der Waals surface area contributed by atoms with Crippen LogP contribution in [0.4, 0.5) is 0 Å². The molecular formula is C14H9. The van der Waals surface area contributed by atoms with E-state index in [2.05, 4.69) is 48.5 Å². The Morgan fingerprint density at radius 1 is 0.643 bits per heavy atom. The van der Waals surface area contributed by atoms with Gasteiger partial charge in [-0.3, -0.25) is 0 Å². The Labute approximate surface area is 82.8 Å². The van der Waals surface area contributed by atoms with Crippen LogP contribution < -0.4 is 0 Å². The smallest absolute Gasteiger partial charge is 0.00143 e. The van der Waals surface area contributed by atoms with Crippen LogP contribution in [0.2, 0.25) is 0 Å². The fourth-order valence-electron chi connectivity index (χ4n) is 1.79. The van der Waals surface area contributed by atoms with Gasteiger partial charge in [0, 0.05) is 0 Å². The molecule has 0 heterocycles. The summed E-state index contributed by atoms with van der Waals surface area (Å²) in [6.07, 6.45) is 0. The number of hydrogen-bond donors (Lipinski definition) is 0. The summed E-state index contributed by atoms with van der Waals surface area (Å²) < 4.78 is 0. The lowest BCUT2D eigenvalue weighted by atomic mass is 10.0. The standard InChI is InChI=1S/C14H9/c1-2-6-12-10-14-8-4-3-7-13(14)9-11(12)5-1/h1-9H. The van der Waals surface area contributed by atoms with Crippen LogP contribution in [0.15, 0.2) is 54.6 Å². The maximum absolute atomic E-state index is 3.41. The molecule has 3 aromatic rings. The lowest BCUT2D eigenvalue weighted by Gasteiger charge is -2.00. The van der Waals surface area contributed by atoms with Crippen molar-refractivity contribution >= 4 is 21.5 Å². The Kier molecular flexibility index (Phi) is 1.54. The van der Waals surface area contributed by atoms with Gasteiger partial charge < -0.3 is 0 Å². The van der Waals surface area contributed by atoms with Crippen molar-refractivity contribution in [3.8, 4) is 0 Å². The molecule has 0 nitrogen and oxygen atoms in total. The van der Waals surface area contributed by atoms with E-state index < -0.39 is 0 Å². The molecule has 1 radical (unpaired) electrons. The van der Waals surface area contributed by atoms with E-state index in [9.17, 15) is 0 Å². The van der Waals surface area contributed by atoms with Gasteiger partial charge in [0.05, 0.1) is 0 Å². The van der Waals surface area contributed by atoms with Gasteiger partial charge >= 0.3 is 0 Å². The predicted molar refractivity (Wildman–Crippen MR) is 60.3 cm³/mol. The third-order valence-corrected chi connectivity index (χ3v) is 2.50. The van der Waals surface area contributed by atoms with Gasteiger partial charge in [-0.15, -0.1) is 0 Å². The molecule has 0 aliphatic carbocycles. The van der Waals surface area contributed by atoms with Crippen molar-refractivity contribution in [2.24, 2.45) is 0 Å². The molecule has 0 fully saturated rings. The van der Waals surface area contributed by atoms with E-state index in [4.69, 9.17) is 0 Å². The van der Waals surface area contributed by atoms with E-state index in [0.717, 1.165) is 0 Å². The predicted octanol–water partition coefficient (Wildman–Crippen LogP) is 3.79. The summed E-state index contributed by atoms with van der Waals surface area (Å²) in [5, 5.41) is 4.88. The van der Waals surface area contributed by atoms with Gasteiger partial charge in [0.25, 0.3) is 0 Å². The quantitative estimate of drug-likeness (QED) is 0.458. The molecule has 0 aromatic heterocycles. The molecule has 0 spiro atoms. The van der Waals surface area contributed by atoms with Crippen molar-refractivity contribution in [3.05, 3.63) is 60.7 Å². The van der Waals surface area contributed by atoms with Crippen LogP contribution in [0.5, 0.6) is 0 Å². The molecule has 0 N–H and O–H groups in total. The van der Waals surface area contributed by atoms with E-state index in [0.29, 0.717) is 0 Å². The van der Waals surface area contributed by atoms with Crippen LogP contribution in [0, 0.1) is 6.07 Å². The highest BCUT2D eigenvalue weighted by Gasteiger charge is 1.95. The summed E-state index contributed by atoms with van der Waals surface area (Å²) in [5.74, 6) is 0. The fraction of sp³-hybridized carbons (Fsp3) is 0. The van der Waals surface area contributed by atoms with Gasteiger partial charge in [0.15, 0.2) is 0 Å². The first-order valence-electron chi connectivity index (χ1n) is 4.73. The monoisotopic (exact) mass is 177 g/mol. The van der Waals surface area contributed by atoms with Crippen LogP contribution in [0.3, 0.4) is 0 Å². The van der Waals surface area contributed by atoms with Gasteiger partial charge in [0.1, 0.15) is 0 Å². The summed E-state index contributed by atoms with van der Waals surface area (Å²) in [5.41, 5.74) is 0. The average Bonchev–Trinajstić information content (AvgIpc) is 2.26. The fourth-order valence-corrected chi connectivity index (χ4v) is 1.79. The molecule has 0 heteroatoms. The van der Waals surface area contributed by atoms with Crippen molar-refractivity contribution in [3.63, 3.8) is 0 Å². The lowest BCUT2D eigenvalue weighted by Crippen LogP contribution is -1.75. The molecule has 3 rings (SSSR count). The van der Waals surface area contributed by atoms with Crippen LogP contribution in [0.25, 0.3) is 21.5 Å². The molecule has 0 aliphatic rings. The van der Waals surface area contributed by atoms with Gasteiger partial charge in [-0.1, -0.05) is 48.5 Å². The average molecular weight is 177 g/mol. The van der Waals surface area contributed by atoms with E-state index >= 15 is 0 Å². The Balaban J connectivity index is 2.52. The van der Waals surface area contributed by atoms with Crippen LogP contribution >= 0.6 is 0 Å². The summed E-state index contributed by atoms with van der Waals surface area (Å²) in [6, 6.07) is 22.3. The summed E-state index contributed by atoms with van der Waals surface area (Å²) in [6.45, 7) is 0. The van der Waals surface area contributed by atoms with Gasteiger partial charge in [0.2, 0.25) is 0 Å². The van der Waals surface area contributed by atoms with E-state index in [1.165, 1.54) is 21.5 Å². The first kappa shape index (κ1) is 7.57. The molecule has 0 saturated heterocycles. The second-order valence-electron chi connectivity index (χ2n) is 3.44. The van der Waals surface area contributed by atoms with Crippen LogP contribution in [-0.4, -0.2) is 0 Å². The number of benzene rings is 3. The maximum Gasteiger partial charge on any atom is -0.00143 e. The Bertz CT molecular complexity index is 489. The number of hydrogen-bond acceptors (Lipinski definition) is 0. The maximum atomic E-state index is 3.41. The van der Waals surface area contributed by atoms with Crippen LogP contribution in [0.1, 0.15) is 0 Å². The molecule has 3 aromatic carbocycles. The Morgan fingerprint density at radius 2 is 1.14 bits per heavy atom. The van der Waals surface area contributed by atoms with Crippen molar-refractivity contribution in [2.45, 2.75) is 0 Å². The molecular weight excluding hydrogens is 168 g/mol. The second kappa shape index (κ2) is 2.85. The van der Waals surface area contributed by atoms with Crippen molar-refractivity contribution < 1.29 is 0 Å². The largest absolute Gasteiger partial charge is 0.0616 e. The molecule has 14 heavy (non-hydrogen) atoms. The molecule has 0 bridgehead atoms. The molecule has 65 valence electrons. The first-order chi connectivity index (χ1) is 6.93. The van der Waals surface area contributed by atoms with Crippen molar-refractivity contribution in [2.75, 3.05) is 0 Å². The minimum Gasteiger partial charge on any atom is -0.0616 e. The zero-order chi connectivity index (χ0) is 9.38. The minimum absolute atomic E-state index is 1.19. The Hall–Kier alpha value is -1.82. The minimum atomic E-state index is 1.19. The van der Waals surface area contributed by atoms with E-state index in [-0.39, 0.29) is 0 Å². The van der Waals surface area contributed by atoms with E-state index in [1.807, 2.05) is 12.1 Å². The van der Waals surface area contributed by atoms with Gasteiger partial charge in [-0.05, 0) is 33.7 Å². The Morgan fingerprint density at radius 3 is 1.71 bits per heavy atom. The highest BCUT2D eigenvalue weighted by Crippen LogP contribution is 2.21. The highest BCUT2D eigenvalue weighted by atomic mass is 14.0. The summed E-state index contributed by atoms with van der Waals surface area (Å²) in [4.78, 5) is 0. The third kappa shape index (κ3) is 1.08. The molecule has 0 saturated carbocycles. The van der Waals surface area contributed by atoms with Gasteiger partial charge in [-0.25, -0.2) is 0 Å². The second-order valence-corrected chi connectivity index (χ2v) is 3.44.